The molecule has 1 aromatic carbocycles. The maximum absolute atomic E-state index is 14.0. The van der Waals surface area contributed by atoms with Crippen molar-refractivity contribution in [3.05, 3.63) is 51.8 Å². The molecule has 3 nitrogen and oxygen atoms in total. The number of nitrogens with one attached hydrogen (secondary N) is 1. The molecule has 1 unspecified atom stereocenters. The zero-order valence-electron chi connectivity index (χ0n) is 11.4. The second kappa shape index (κ2) is 5.24. The zero-order valence-corrected chi connectivity index (χ0v) is 13.0. The number of nitrogens with zero attached hydrogens (tertiary/aromatic N) is 1. The van der Waals surface area contributed by atoms with E-state index in [1.807, 2.05) is 0 Å². The van der Waals surface area contributed by atoms with E-state index in [-0.39, 0.29) is 16.8 Å². The SMILES string of the molecule is Cc1c(-c2ccccc2F)sc2nc(C(C)Cl)[nH]c(=O)c12. The molecule has 21 heavy (non-hydrogen) atoms. The molecule has 0 radical (unpaired) electrons. The van der Waals surface area contributed by atoms with Crippen LogP contribution < -0.4 is 5.56 Å². The first-order valence-corrected chi connectivity index (χ1v) is 7.66. The summed E-state index contributed by atoms with van der Waals surface area (Å²) in [6, 6.07) is 6.52. The second-order valence-electron chi connectivity index (χ2n) is 4.78. The molecule has 0 fully saturated rings. The highest BCUT2D eigenvalue weighted by Crippen LogP contribution is 2.37. The van der Waals surface area contributed by atoms with Crippen LogP contribution in [0, 0.1) is 12.7 Å². The third kappa shape index (κ3) is 2.36. The molecule has 1 N–H and O–H groups in total. The lowest BCUT2D eigenvalue weighted by molar-refractivity contribution is 0.631. The third-order valence-electron chi connectivity index (χ3n) is 3.31. The van der Waals surface area contributed by atoms with Crippen molar-refractivity contribution in [2.75, 3.05) is 0 Å². The first-order chi connectivity index (χ1) is 9.99. The van der Waals surface area contributed by atoms with Crippen LogP contribution in [0.15, 0.2) is 29.1 Å². The normalized spacial score (nSPS) is 12.8. The van der Waals surface area contributed by atoms with E-state index in [1.54, 1.807) is 32.0 Å². The highest BCUT2D eigenvalue weighted by Gasteiger charge is 2.18. The molecular formula is C15H12ClFN2OS. The van der Waals surface area contributed by atoms with Gasteiger partial charge < -0.3 is 4.98 Å². The van der Waals surface area contributed by atoms with Crippen LogP contribution in [0.2, 0.25) is 0 Å². The Balaban J connectivity index is 2.32. The third-order valence-corrected chi connectivity index (χ3v) is 4.74. The van der Waals surface area contributed by atoms with Gasteiger partial charge in [-0.05, 0) is 25.5 Å². The van der Waals surface area contributed by atoms with Crippen molar-refractivity contribution in [2.24, 2.45) is 0 Å². The summed E-state index contributed by atoms with van der Waals surface area (Å²) in [7, 11) is 0. The minimum Gasteiger partial charge on any atom is -0.309 e. The van der Waals surface area contributed by atoms with Crippen molar-refractivity contribution in [2.45, 2.75) is 19.2 Å². The largest absolute Gasteiger partial charge is 0.309 e. The predicted molar refractivity (Wildman–Crippen MR) is 84.6 cm³/mol. The van der Waals surface area contributed by atoms with Gasteiger partial charge >= 0.3 is 0 Å². The first-order valence-electron chi connectivity index (χ1n) is 6.41. The highest BCUT2D eigenvalue weighted by molar-refractivity contribution is 7.22. The molecule has 0 spiro atoms. The Morgan fingerprint density at radius 3 is 2.76 bits per heavy atom. The van der Waals surface area contributed by atoms with Crippen molar-refractivity contribution in [3.8, 4) is 10.4 Å². The fraction of sp³-hybridized carbons (Fsp3) is 0.200. The van der Waals surface area contributed by atoms with Gasteiger partial charge in [-0.1, -0.05) is 18.2 Å². The average molecular weight is 323 g/mol. The van der Waals surface area contributed by atoms with Crippen LogP contribution in [0.1, 0.15) is 23.7 Å². The molecule has 0 aliphatic rings. The summed E-state index contributed by atoms with van der Waals surface area (Å²) in [5.74, 6) is 0.116. The van der Waals surface area contributed by atoms with Gasteiger partial charge in [0.15, 0.2) is 0 Å². The Labute approximate surface area is 129 Å². The van der Waals surface area contributed by atoms with E-state index in [0.29, 0.717) is 21.6 Å². The number of aromatic amines is 1. The molecule has 3 rings (SSSR count). The van der Waals surface area contributed by atoms with Gasteiger partial charge in [-0.2, -0.15) is 0 Å². The van der Waals surface area contributed by atoms with Crippen molar-refractivity contribution in [3.63, 3.8) is 0 Å². The first kappa shape index (κ1) is 14.2. The van der Waals surface area contributed by atoms with Crippen molar-refractivity contribution in [1.82, 2.24) is 9.97 Å². The van der Waals surface area contributed by atoms with Crippen LogP contribution in [0.25, 0.3) is 20.7 Å². The zero-order chi connectivity index (χ0) is 15.1. The van der Waals surface area contributed by atoms with Crippen LogP contribution in [-0.4, -0.2) is 9.97 Å². The summed E-state index contributed by atoms with van der Waals surface area (Å²) in [5, 5.41) is 0.112. The summed E-state index contributed by atoms with van der Waals surface area (Å²) >= 11 is 7.28. The fourth-order valence-corrected chi connectivity index (χ4v) is 3.57. The van der Waals surface area contributed by atoms with Crippen LogP contribution >= 0.6 is 22.9 Å². The number of rotatable bonds is 2. The van der Waals surface area contributed by atoms with Crippen LogP contribution in [-0.2, 0) is 0 Å². The number of fused-ring (bicyclic) bond motifs is 1. The number of H-pyrrole nitrogens is 1. The Morgan fingerprint density at radius 2 is 2.10 bits per heavy atom. The van der Waals surface area contributed by atoms with Gasteiger partial charge in [0.1, 0.15) is 16.5 Å². The van der Waals surface area contributed by atoms with Gasteiger partial charge in [0.25, 0.3) is 5.56 Å². The standard InChI is InChI=1S/C15H12ClFN2OS/c1-7-11-14(20)18-13(8(2)16)19-15(11)21-12(7)9-5-3-4-6-10(9)17/h3-6,8H,1-2H3,(H,18,19,20). The Hall–Kier alpha value is -1.72. The quantitative estimate of drug-likeness (QED) is 0.711. The van der Waals surface area contributed by atoms with Gasteiger partial charge in [-0.25, -0.2) is 9.37 Å². The predicted octanol–water partition coefficient (Wildman–Crippen LogP) is 4.40. The van der Waals surface area contributed by atoms with Gasteiger partial charge in [0.2, 0.25) is 0 Å². The number of halogens is 2. The fourth-order valence-electron chi connectivity index (χ4n) is 2.25. The lowest BCUT2D eigenvalue weighted by Gasteiger charge is -2.01. The second-order valence-corrected chi connectivity index (χ2v) is 6.44. The molecule has 1 atom stereocenters. The molecule has 0 amide bonds. The van der Waals surface area contributed by atoms with E-state index >= 15 is 0 Å². The van der Waals surface area contributed by atoms with Gasteiger partial charge in [0.05, 0.1) is 10.8 Å². The Morgan fingerprint density at radius 1 is 1.38 bits per heavy atom. The van der Waals surface area contributed by atoms with Gasteiger partial charge in [0, 0.05) is 10.4 Å². The number of aromatic nitrogens is 2. The molecule has 0 saturated heterocycles. The molecule has 2 aromatic heterocycles. The van der Waals surface area contributed by atoms with E-state index in [0.717, 1.165) is 10.4 Å². The van der Waals surface area contributed by atoms with E-state index < -0.39 is 0 Å². The highest BCUT2D eigenvalue weighted by atomic mass is 35.5. The lowest BCUT2D eigenvalue weighted by Crippen LogP contribution is -2.11. The van der Waals surface area contributed by atoms with Crippen LogP contribution in [0.4, 0.5) is 4.39 Å². The van der Waals surface area contributed by atoms with Crippen molar-refractivity contribution >= 4 is 33.2 Å². The summed E-state index contributed by atoms with van der Waals surface area (Å²) in [4.78, 5) is 20.6. The topological polar surface area (TPSA) is 45.8 Å². The number of hydrogen-bond acceptors (Lipinski definition) is 3. The molecule has 0 saturated carbocycles. The average Bonchev–Trinajstić information content (AvgIpc) is 2.77. The molecule has 0 bridgehead atoms. The number of thiophene rings is 1. The van der Waals surface area contributed by atoms with E-state index in [2.05, 4.69) is 9.97 Å². The molecule has 6 heteroatoms. The monoisotopic (exact) mass is 322 g/mol. The van der Waals surface area contributed by atoms with Crippen molar-refractivity contribution < 1.29 is 4.39 Å². The molecule has 108 valence electrons. The number of benzene rings is 1. The smallest absolute Gasteiger partial charge is 0.259 e. The van der Waals surface area contributed by atoms with Crippen LogP contribution in [0.3, 0.4) is 0 Å². The number of alkyl halides is 1. The summed E-state index contributed by atoms with van der Waals surface area (Å²) < 4.78 is 14.0. The van der Waals surface area contributed by atoms with E-state index in [4.69, 9.17) is 11.6 Å². The van der Waals surface area contributed by atoms with Gasteiger partial charge in [-0.3, -0.25) is 4.79 Å². The molecule has 0 aliphatic carbocycles. The molecular weight excluding hydrogens is 311 g/mol. The maximum Gasteiger partial charge on any atom is 0.259 e. The minimum absolute atomic E-state index is 0.237. The maximum atomic E-state index is 14.0. The summed E-state index contributed by atoms with van der Waals surface area (Å²) in [6.07, 6.45) is 0. The molecule has 3 aromatic rings. The Kier molecular flexibility index (Phi) is 3.55. The molecule has 2 heterocycles. The minimum atomic E-state index is -0.388. The van der Waals surface area contributed by atoms with E-state index in [9.17, 15) is 9.18 Å². The van der Waals surface area contributed by atoms with Crippen LogP contribution in [0.5, 0.6) is 0 Å². The summed E-state index contributed by atoms with van der Waals surface area (Å²) in [5.41, 5.74) is 0.985. The van der Waals surface area contributed by atoms with Gasteiger partial charge in [-0.15, -0.1) is 22.9 Å². The Bertz CT molecular complexity index is 885. The van der Waals surface area contributed by atoms with E-state index in [1.165, 1.54) is 17.4 Å². The molecule has 0 aliphatic heterocycles. The number of hydrogen-bond donors (Lipinski definition) is 1. The van der Waals surface area contributed by atoms with Crippen molar-refractivity contribution in [1.29, 1.82) is 0 Å². The summed E-state index contributed by atoms with van der Waals surface area (Å²) in [6.45, 7) is 3.55. The lowest BCUT2D eigenvalue weighted by atomic mass is 10.1. The number of aryl methyl sites for hydroxylation is 1.